The first-order chi connectivity index (χ1) is 6.43. The van der Waals surface area contributed by atoms with Crippen LogP contribution in [0.25, 0.3) is 0 Å². The third-order valence-electron chi connectivity index (χ3n) is 1.87. The summed E-state index contributed by atoms with van der Waals surface area (Å²) in [6, 6.07) is 0.117. The second-order valence-corrected chi connectivity index (χ2v) is 2.95. The number of hydrogen-bond donors (Lipinski definition) is 0. The van der Waals surface area contributed by atoms with Gasteiger partial charge in [0, 0.05) is 5.69 Å². The normalized spacial score (nSPS) is 13.2. The Morgan fingerprint density at radius 3 is 2.57 bits per heavy atom. The molecule has 0 aliphatic carbocycles. The molecule has 1 atom stereocenters. The molecule has 0 saturated carbocycles. The van der Waals surface area contributed by atoms with E-state index in [9.17, 15) is 18.7 Å². The third-order valence-corrected chi connectivity index (χ3v) is 1.87. The van der Waals surface area contributed by atoms with Gasteiger partial charge < -0.3 is 9.90 Å². The van der Waals surface area contributed by atoms with Crippen LogP contribution >= 0.6 is 0 Å². The van der Waals surface area contributed by atoms with E-state index in [2.05, 4.69) is 5.10 Å². The number of aryl methyl sites for hydroxylation is 1. The minimum absolute atomic E-state index is 0.372. The number of rotatable bonds is 3. The summed E-state index contributed by atoms with van der Waals surface area (Å²) < 4.78 is 25.4. The van der Waals surface area contributed by atoms with Crippen molar-refractivity contribution >= 4 is 5.97 Å². The van der Waals surface area contributed by atoms with Crippen LogP contribution in [0, 0.1) is 6.92 Å². The van der Waals surface area contributed by atoms with E-state index in [1.54, 1.807) is 0 Å². The summed E-state index contributed by atoms with van der Waals surface area (Å²) in [7, 11) is 0. The molecule has 0 aliphatic rings. The first-order valence-electron chi connectivity index (χ1n) is 3.98. The third kappa shape index (κ3) is 1.89. The number of aliphatic carboxylic acids is 1. The molecule has 1 rings (SSSR count). The van der Waals surface area contributed by atoms with Gasteiger partial charge in [-0.3, -0.25) is 4.68 Å². The van der Waals surface area contributed by atoms with E-state index in [0.717, 1.165) is 10.7 Å². The molecule has 4 nitrogen and oxygen atoms in total. The van der Waals surface area contributed by atoms with Gasteiger partial charge in [-0.05, 0) is 19.9 Å². The molecule has 14 heavy (non-hydrogen) atoms. The molecule has 0 bridgehead atoms. The van der Waals surface area contributed by atoms with Crippen LogP contribution in [0.15, 0.2) is 6.07 Å². The van der Waals surface area contributed by atoms with Crippen molar-refractivity contribution in [2.75, 3.05) is 0 Å². The van der Waals surface area contributed by atoms with E-state index in [1.807, 2.05) is 0 Å². The summed E-state index contributed by atoms with van der Waals surface area (Å²) in [6.45, 7) is 2.84. The number of carboxylic acids is 1. The summed E-state index contributed by atoms with van der Waals surface area (Å²) in [4.78, 5) is 10.5. The van der Waals surface area contributed by atoms with Crippen molar-refractivity contribution in [1.29, 1.82) is 0 Å². The minimum atomic E-state index is -2.69. The molecule has 0 aromatic carbocycles. The van der Waals surface area contributed by atoms with Crippen LogP contribution in [-0.2, 0) is 4.79 Å². The highest BCUT2D eigenvalue weighted by Crippen LogP contribution is 2.19. The quantitative estimate of drug-likeness (QED) is 0.716. The molecule has 1 aromatic heterocycles. The average molecular weight is 203 g/mol. The van der Waals surface area contributed by atoms with E-state index < -0.39 is 24.1 Å². The van der Waals surface area contributed by atoms with Gasteiger partial charge in [0.05, 0.1) is 12.0 Å². The van der Waals surface area contributed by atoms with E-state index >= 15 is 0 Å². The highest BCUT2D eigenvalue weighted by molar-refractivity contribution is 5.68. The van der Waals surface area contributed by atoms with Gasteiger partial charge in [-0.15, -0.1) is 0 Å². The topological polar surface area (TPSA) is 58.0 Å². The SMILES string of the molecule is Cc1cc(C(F)F)nn1[C@@H](C)C(=O)[O-]. The van der Waals surface area contributed by atoms with Crippen LogP contribution in [0.1, 0.15) is 30.8 Å². The Balaban J connectivity index is 3.04. The van der Waals surface area contributed by atoms with Crippen LogP contribution in [0.5, 0.6) is 0 Å². The predicted molar refractivity (Wildman–Crippen MR) is 41.6 cm³/mol. The number of nitrogens with zero attached hydrogens (tertiary/aromatic N) is 2. The maximum absolute atomic E-state index is 12.2. The lowest BCUT2D eigenvalue weighted by Gasteiger charge is -2.14. The van der Waals surface area contributed by atoms with Crippen LogP contribution in [0.2, 0.25) is 0 Å². The largest absolute Gasteiger partial charge is 0.548 e. The van der Waals surface area contributed by atoms with Gasteiger partial charge in [0.2, 0.25) is 0 Å². The maximum atomic E-state index is 12.2. The molecule has 78 valence electrons. The van der Waals surface area contributed by atoms with E-state index in [-0.39, 0.29) is 0 Å². The van der Waals surface area contributed by atoms with Crippen molar-refractivity contribution in [1.82, 2.24) is 9.78 Å². The van der Waals surface area contributed by atoms with Gasteiger partial charge in [0.1, 0.15) is 5.69 Å². The molecular formula is C8H9F2N2O2-. The first kappa shape index (κ1) is 10.6. The maximum Gasteiger partial charge on any atom is 0.282 e. The molecule has 1 aromatic rings. The van der Waals surface area contributed by atoms with Crippen LogP contribution in [0.3, 0.4) is 0 Å². The lowest BCUT2D eigenvalue weighted by atomic mass is 10.3. The number of carbonyl (C=O) groups excluding carboxylic acids is 1. The van der Waals surface area contributed by atoms with Crippen LogP contribution in [-0.4, -0.2) is 15.7 Å². The smallest absolute Gasteiger partial charge is 0.282 e. The molecule has 0 spiro atoms. The average Bonchev–Trinajstić information content (AvgIpc) is 2.46. The van der Waals surface area contributed by atoms with Crippen LogP contribution in [0.4, 0.5) is 8.78 Å². The van der Waals surface area contributed by atoms with Crippen molar-refractivity contribution in [3.8, 4) is 0 Å². The van der Waals surface area contributed by atoms with Crippen molar-refractivity contribution in [2.45, 2.75) is 26.3 Å². The van der Waals surface area contributed by atoms with Gasteiger partial charge >= 0.3 is 0 Å². The Morgan fingerprint density at radius 1 is 1.64 bits per heavy atom. The van der Waals surface area contributed by atoms with Crippen molar-refractivity contribution in [3.63, 3.8) is 0 Å². The van der Waals surface area contributed by atoms with Crippen molar-refractivity contribution < 1.29 is 18.7 Å². The fourth-order valence-corrected chi connectivity index (χ4v) is 1.11. The lowest BCUT2D eigenvalue weighted by Crippen LogP contribution is -2.32. The number of hydrogen-bond acceptors (Lipinski definition) is 3. The fourth-order valence-electron chi connectivity index (χ4n) is 1.11. The summed E-state index contributed by atoms with van der Waals surface area (Å²) in [5.74, 6) is -1.35. The van der Waals surface area contributed by atoms with Crippen molar-refractivity contribution in [2.24, 2.45) is 0 Å². The molecule has 0 N–H and O–H groups in total. The molecule has 0 radical (unpaired) electrons. The molecule has 0 fully saturated rings. The first-order valence-corrected chi connectivity index (χ1v) is 3.98. The van der Waals surface area contributed by atoms with Gasteiger partial charge in [-0.25, -0.2) is 8.78 Å². The Morgan fingerprint density at radius 2 is 2.21 bits per heavy atom. The summed E-state index contributed by atoms with van der Waals surface area (Å²) >= 11 is 0. The highest BCUT2D eigenvalue weighted by atomic mass is 19.3. The second-order valence-electron chi connectivity index (χ2n) is 2.95. The molecule has 0 aliphatic heterocycles. The van der Waals surface area contributed by atoms with Gasteiger partial charge in [-0.2, -0.15) is 5.10 Å². The van der Waals surface area contributed by atoms with Gasteiger partial charge in [0.15, 0.2) is 0 Å². The Kier molecular flexibility index (Phi) is 2.83. The molecular weight excluding hydrogens is 194 g/mol. The predicted octanol–water partition coefficient (Wildman–Crippen LogP) is 0.440. The monoisotopic (exact) mass is 203 g/mol. The molecule has 0 saturated heterocycles. The number of carboxylic acid groups (broad SMARTS) is 1. The van der Waals surface area contributed by atoms with Crippen LogP contribution < -0.4 is 5.11 Å². The fraction of sp³-hybridized carbons (Fsp3) is 0.500. The van der Waals surface area contributed by atoms with Crippen molar-refractivity contribution in [3.05, 3.63) is 17.5 Å². The number of aromatic nitrogens is 2. The summed E-state index contributed by atoms with van der Waals surface area (Å²) in [5, 5.41) is 13.9. The summed E-state index contributed by atoms with van der Waals surface area (Å²) in [5.41, 5.74) is -0.0485. The zero-order valence-corrected chi connectivity index (χ0v) is 7.70. The second kappa shape index (κ2) is 3.73. The zero-order valence-electron chi connectivity index (χ0n) is 7.70. The lowest BCUT2D eigenvalue weighted by molar-refractivity contribution is -0.310. The Labute approximate surface area is 79.2 Å². The highest BCUT2D eigenvalue weighted by Gasteiger charge is 2.16. The Hall–Kier alpha value is -1.46. The molecule has 1 heterocycles. The van der Waals surface area contributed by atoms with E-state index in [4.69, 9.17) is 0 Å². The molecule has 0 unspecified atom stereocenters. The number of alkyl halides is 2. The van der Waals surface area contributed by atoms with Gasteiger partial charge in [-0.1, -0.05) is 0 Å². The Bertz CT molecular complexity index is 349. The van der Waals surface area contributed by atoms with E-state index in [1.165, 1.54) is 13.8 Å². The van der Waals surface area contributed by atoms with Gasteiger partial charge in [0.25, 0.3) is 6.43 Å². The minimum Gasteiger partial charge on any atom is -0.548 e. The molecule has 0 amide bonds. The van der Waals surface area contributed by atoms with E-state index in [0.29, 0.717) is 5.69 Å². The standard InChI is InChI=1S/C8H10F2N2O2/c1-4-3-6(7(9)10)11-12(4)5(2)8(13)14/h3,5,7H,1-2H3,(H,13,14)/p-1/t5-/m0/s1. The number of carbonyl (C=O) groups is 1. The zero-order chi connectivity index (χ0) is 10.9. The summed E-state index contributed by atoms with van der Waals surface area (Å²) in [6.07, 6.45) is -2.69. The number of halogens is 2. The molecule has 6 heteroatoms.